The Morgan fingerprint density at radius 1 is 1.12 bits per heavy atom. The summed E-state index contributed by atoms with van der Waals surface area (Å²) in [6.07, 6.45) is 0.0265. The quantitative estimate of drug-likeness (QED) is 0.594. The van der Waals surface area contributed by atoms with Crippen LogP contribution in [0.15, 0.2) is 0 Å². The lowest BCUT2D eigenvalue weighted by Crippen LogP contribution is -2.48. The minimum Gasteiger partial charge on any atom is -0.414 e. The third-order valence-corrected chi connectivity index (χ3v) is 10.2. The average molecular weight is 391 g/mol. The highest BCUT2D eigenvalue weighted by Gasteiger charge is 2.48. The minimum atomic E-state index is -1.89. The van der Waals surface area contributed by atoms with E-state index in [2.05, 4.69) is 47.7 Å². The Balaban J connectivity index is 2.85. The zero-order valence-corrected chi connectivity index (χ0v) is 19.6. The van der Waals surface area contributed by atoms with E-state index in [-0.39, 0.29) is 17.2 Å². The van der Waals surface area contributed by atoms with E-state index in [1.54, 1.807) is 7.11 Å². The number of methoxy groups -OCH3 is 1. The molecule has 1 aliphatic rings. The standard InChI is InChI=1S/C20H42O5Si/c1-14(2)11-12-15(21)17(22-8)18-16(24-20(6,7)25-18)13-23-26(9,10)19(3,4)5/h14-18,21H,11-13H2,1-10H3/t15-,16+,17+,18+/m1/s1. The van der Waals surface area contributed by atoms with Crippen LogP contribution in [0.3, 0.4) is 0 Å². The summed E-state index contributed by atoms with van der Waals surface area (Å²) < 4.78 is 24.3. The number of hydrogen-bond donors (Lipinski definition) is 1. The molecule has 26 heavy (non-hydrogen) atoms. The van der Waals surface area contributed by atoms with Gasteiger partial charge < -0.3 is 23.7 Å². The van der Waals surface area contributed by atoms with Crippen LogP contribution in [0.4, 0.5) is 0 Å². The number of aliphatic hydroxyl groups excluding tert-OH is 1. The Morgan fingerprint density at radius 3 is 2.15 bits per heavy atom. The average Bonchev–Trinajstić information content (AvgIpc) is 2.77. The Labute approximate surface area is 161 Å². The minimum absolute atomic E-state index is 0.134. The van der Waals surface area contributed by atoms with E-state index in [0.717, 1.165) is 6.42 Å². The predicted octanol–water partition coefficient (Wildman–Crippen LogP) is 4.34. The van der Waals surface area contributed by atoms with Crippen molar-refractivity contribution in [3.8, 4) is 0 Å². The van der Waals surface area contributed by atoms with Crippen molar-refractivity contribution in [1.82, 2.24) is 0 Å². The molecular formula is C20H42O5Si. The molecule has 0 bridgehead atoms. The van der Waals surface area contributed by atoms with E-state index >= 15 is 0 Å². The molecule has 0 radical (unpaired) electrons. The molecule has 0 spiro atoms. The number of hydrogen-bond acceptors (Lipinski definition) is 5. The summed E-state index contributed by atoms with van der Waals surface area (Å²) >= 11 is 0. The number of aliphatic hydroxyl groups is 1. The number of ether oxygens (including phenoxy) is 3. The summed E-state index contributed by atoms with van der Waals surface area (Å²) in [6, 6.07) is 0. The molecule has 1 N–H and O–H groups in total. The SMILES string of the molecule is CO[C@H]([C@H]1OC(C)(C)O[C@H]1CO[Si](C)(C)C(C)(C)C)[C@H](O)CCC(C)C. The van der Waals surface area contributed by atoms with Crippen LogP contribution in [0.2, 0.25) is 18.1 Å². The second kappa shape index (κ2) is 9.01. The molecule has 1 aliphatic heterocycles. The lowest BCUT2D eigenvalue weighted by molar-refractivity contribution is -0.167. The Morgan fingerprint density at radius 2 is 1.69 bits per heavy atom. The first-order valence-electron chi connectivity index (χ1n) is 9.90. The van der Waals surface area contributed by atoms with Crippen molar-refractivity contribution in [2.75, 3.05) is 13.7 Å². The second-order valence-electron chi connectivity index (χ2n) is 9.95. The first-order chi connectivity index (χ1) is 11.7. The van der Waals surface area contributed by atoms with Gasteiger partial charge in [0.25, 0.3) is 0 Å². The molecule has 156 valence electrons. The van der Waals surface area contributed by atoms with Gasteiger partial charge in [0.15, 0.2) is 14.1 Å². The second-order valence-corrected chi connectivity index (χ2v) is 14.8. The van der Waals surface area contributed by atoms with Crippen molar-refractivity contribution in [1.29, 1.82) is 0 Å². The smallest absolute Gasteiger partial charge is 0.192 e. The maximum Gasteiger partial charge on any atom is 0.192 e. The fraction of sp³-hybridized carbons (Fsp3) is 1.00. The fourth-order valence-corrected chi connectivity index (χ4v) is 3.97. The van der Waals surface area contributed by atoms with Crippen LogP contribution >= 0.6 is 0 Å². The van der Waals surface area contributed by atoms with Gasteiger partial charge >= 0.3 is 0 Å². The topological polar surface area (TPSA) is 57.2 Å². The van der Waals surface area contributed by atoms with Gasteiger partial charge in [0, 0.05) is 7.11 Å². The van der Waals surface area contributed by atoms with E-state index in [9.17, 15) is 5.11 Å². The zero-order chi connectivity index (χ0) is 20.3. The molecule has 6 heteroatoms. The summed E-state index contributed by atoms with van der Waals surface area (Å²) in [5, 5.41) is 10.8. The molecule has 0 aliphatic carbocycles. The highest BCUT2D eigenvalue weighted by Crippen LogP contribution is 2.38. The molecule has 0 aromatic rings. The Kier molecular flexibility index (Phi) is 8.34. The van der Waals surface area contributed by atoms with Crippen LogP contribution in [-0.2, 0) is 18.6 Å². The lowest BCUT2D eigenvalue weighted by Gasteiger charge is -2.37. The van der Waals surface area contributed by atoms with E-state index in [4.69, 9.17) is 18.6 Å². The highest BCUT2D eigenvalue weighted by molar-refractivity contribution is 6.74. The third-order valence-electron chi connectivity index (χ3n) is 5.65. The van der Waals surface area contributed by atoms with Crippen LogP contribution in [0.25, 0.3) is 0 Å². The molecule has 0 unspecified atom stereocenters. The van der Waals surface area contributed by atoms with Gasteiger partial charge in [-0.25, -0.2) is 0 Å². The van der Waals surface area contributed by atoms with Gasteiger partial charge in [-0.2, -0.15) is 0 Å². The maximum absolute atomic E-state index is 10.7. The molecule has 5 nitrogen and oxygen atoms in total. The molecule has 0 aromatic heterocycles. The van der Waals surface area contributed by atoms with E-state index in [0.29, 0.717) is 18.9 Å². The van der Waals surface area contributed by atoms with Gasteiger partial charge in [-0.05, 0) is 50.7 Å². The van der Waals surface area contributed by atoms with E-state index in [1.807, 2.05) is 13.8 Å². The van der Waals surface area contributed by atoms with Gasteiger partial charge in [-0.15, -0.1) is 0 Å². The third kappa shape index (κ3) is 6.57. The normalized spacial score (nSPS) is 26.3. The largest absolute Gasteiger partial charge is 0.414 e. The lowest BCUT2D eigenvalue weighted by atomic mass is 9.96. The zero-order valence-electron chi connectivity index (χ0n) is 18.6. The van der Waals surface area contributed by atoms with E-state index in [1.165, 1.54) is 0 Å². The molecule has 0 saturated carbocycles. The molecular weight excluding hydrogens is 348 g/mol. The van der Waals surface area contributed by atoms with Crippen molar-refractivity contribution in [3.05, 3.63) is 0 Å². The van der Waals surface area contributed by atoms with Crippen LogP contribution in [-0.4, -0.2) is 57.3 Å². The monoisotopic (exact) mass is 390 g/mol. The van der Waals surface area contributed by atoms with E-state index < -0.39 is 26.3 Å². The molecule has 1 heterocycles. The molecule has 1 saturated heterocycles. The molecule has 1 rings (SSSR count). The van der Waals surface area contributed by atoms with Gasteiger partial charge in [0.1, 0.15) is 18.3 Å². The summed E-state index contributed by atoms with van der Waals surface area (Å²) in [4.78, 5) is 0. The number of rotatable bonds is 9. The molecule has 4 atom stereocenters. The van der Waals surface area contributed by atoms with Crippen LogP contribution in [0, 0.1) is 5.92 Å². The van der Waals surface area contributed by atoms with Crippen LogP contribution < -0.4 is 0 Å². The Bertz CT molecular complexity index is 430. The Hall–Kier alpha value is 0.0169. The van der Waals surface area contributed by atoms with Crippen molar-refractivity contribution in [3.63, 3.8) is 0 Å². The maximum atomic E-state index is 10.7. The van der Waals surface area contributed by atoms with Crippen LogP contribution in [0.1, 0.15) is 61.3 Å². The summed E-state index contributed by atoms with van der Waals surface area (Å²) in [5.41, 5.74) is 0. The summed E-state index contributed by atoms with van der Waals surface area (Å²) in [5.74, 6) is -0.169. The summed E-state index contributed by atoms with van der Waals surface area (Å²) in [6.45, 7) is 19.7. The van der Waals surface area contributed by atoms with Crippen LogP contribution in [0.5, 0.6) is 0 Å². The van der Waals surface area contributed by atoms with Gasteiger partial charge in [0.2, 0.25) is 0 Å². The highest BCUT2D eigenvalue weighted by atomic mass is 28.4. The molecule has 1 fully saturated rings. The fourth-order valence-electron chi connectivity index (χ4n) is 2.96. The summed E-state index contributed by atoms with van der Waals surface area (Å²) in [7, 11) is -0.261. The molecule has 0 amide bonds. The molecule has 0 aromatic carbocycles. The van der Waals surface area contributed by atoms with Gasteiger partial charge in [-0.3, -0.25) is 0 Å². The van der Waals surface area contributed by atoms with Crippen molar-refractivity contribution < 1.29 is 23.7 Å². The van der Waals surface area contributed by atoms with Gasteiger partial charge in [-0.1, -0.05) is 34.6 Å². The first kappa shape index (κ1) is 24.1. The predicted molar refractivity (Wildman–Crippen MR) is 108 cm³/mol. The van der Waals surface area contributed by atoms with Gasteiger partial charge in [0.05, 0.1) is 12.7 Å². The van der Waals surface area contributed by atoms with Crippen molar-refractivity contribution >= 4 is 8.32 Å². The van der Waals surface area contributed by atoms with Crippen molar-refractivity contribution in [2.24, 2.45) is 5.92 Å². The first-order valence-corrected chi connectivity index (χ1v) is 12.8. The van der Waals surface area contributed by atoms with Crippen molar-refractivity contribution in [2.45, 2.75) is 110 Å².